The number of hydrogen-bond donors (Lipinski definition) is 0. The summed E-state index contributed by atoms with van der Waals surface area (Å²) in [6.45, 7) is 2.62. The summed E-state index contributed by atoms with van der Waals surface area (Å²) >= 11 is 0. The normalized spacial score (nSPS) is 13.2. The van der Waals surface area contributed by atoms with Crippen LogP contribution >= 0.6 is 0 Å². The molecule has 0 aliphatic carbocycles. The number of benzene rings is 2. The molecule has 0 unspecified atom stereocenters. The quantitative estimate of drug-likeness (QED) is 0.460. The summed E-state index contributed by atoms with van der Waals surface area (Å²) in [5.41, 5.74) is 6.19. The van der Waals surface area contributed by atoms with Gasteiger partial charge in [0.25, 0.3) is 5.56 Å². The molecule has 4 aromatic rings. The number of hydrogen-bond acceptors (Lipinski definition) is 3. The lowest BCUT2D eigenvalue weighted by molar-refractivity contribution is 0.280. The van der Waals surface area contributed by atoms with E-state index in [1.165, 1.54) is 5.69 Å². The van der Waals surface area contributed by atoms with Crippen LogP contribution in [0.2, 0.25) is 0 Å². The molecule has 1 aliphatic heterocycles. The van der Waals surface area contributed by atoms with Gasteiger partial charge in [0.2, 0.25) is 0 Å². The minimum Gasteiger partial charge on any atom is -0.351 e. The van der Waals surface area contributed by atoms with Crippen molar-refractivity contribution in [2.45, 2.75) is 19.5 Å². The highest BCUT2D eigenvalue weighted by Crippen LogP contribution is 2.20. The molecule has 5 nitrogen and oxygen atoms in total. The minimum atomic E-state index is 0.0484. The topological polar surface area (TPSA) is 43.1 Å². The molecule has 2 aromatic heterocycles. The lowest BCUT2D eigenvalue weighted by Gasteiger charge is -2.26. The Kier molecular flexibility index (Phi) is 5.93. The summed E-state index contributed by atoms with van der Waals surface area (Å²) < 4.78 is 3.82. The summed E-state index contributed by atoms with van der Waals surface area (Å²) in [6.07, 6.45) is 4.51. The molecule has 33 heavy (non-hydrogen) atoms. The lowest BCUT2D eigenvalue weighted by atomic mass is 10.1. The zero-order valence-electron chi connectivity index (χ0n) is 18.7. The van der Waals surface area contributed by atoms with Crippen molar-refractivity contribution >= 4 is 0 Å². The molecule has 0 N–H and O–H groups in total. The van der Waals surface area contributed by atoms with Crippen LogP contribution in [-0.2, 0) is 26.6 Å². The summed E-state index contributed by atoms with van der Waals surface area (Å²) in [4.78, 5) is 20.0. The van der Waals surface area contributed by atoms with Crippen molar-refractivity contribution < 1.29 is 0 Å². The van der Waals surface area contributed by atoms with Crippen LogP contribution in [0.25, 0.3) is 11.3 Å². The van der Waals surface area contributed by atoms with Crippen LogP contribution in [0.15, 0.2) is 84.0 Å². The largest absolute Gasteiger partial charge is 0.351 e. The standard InChI is InChI=1S/C28H26N4O/c1-30-16-6-10-27(30)24-13-11-23(12-14-24)19-32-21-29-26-15-18-31(20-25(26)28(32)33)17-5-9-22-7-3-2-4-8-22/h2-4,6-8,10-14,16,21H,15,17-20H2,1H3. The van der Waals surface area contributed by atoms with Crippen LogP contribution in [-0.4, -0.2) is 32.1 Å². The SMILES string of the molecule is Cn1cccc1-c1ccc(Cn2cnc3c(c2=O)CN(CC#Cc2ccccc2)CC3)cc1. The molecule has 2 aromatic carbocycles. The maximum Gasteiger partial charge on any atom is 0.258 e. The molecule has 0 atom stereocenters. The van der Waals surface area contributed by atoms with Crippen molar-refractivity contribution in [3.05, 3.63) is 112 Å². The minimum absolute atomic E-state index is 0.0484. The molecule has 5 rings (SSSR count). The van der Waals surface area contributed by atoms with Gasteiger partial charge in [-0.2, -0.15) is 0 Å². The lowest BCUT2D eigenvalue weighted by Crippen LogP contribution is -2.38. The van der Waals surface area contributed by atoms with Crippen LogP contribution in [0.3, 0.4) is 0 Å². The fourth-order valence-electron chi connectivity index (χ4n) is 4.27. The molecule has 0 amide bonds. The van der Waals surface area contributed by atoms with Gasteiger partial charge in [0, 0.05) is 44.0 Å². The van der Waals surface area contributed by atoms with Crippen LogP contribution in [0, 0.1) is 11.8 Å². The fraction of sp³-hybridized carbons (Fsp3) is 0.214. The first-order valence-corrected chi connectivity index (χ1v) is 11.2. The number of nitrogens with zero attached hydrogens (tertiary/aromatic N) is 4. The van der Waals surface area contributed by atoms with Crippen LogP contribution < -0.4 is 5.56 Å². The van der Waals surface area contributed by atoms with Gasteiger partial charge in [-0.25, -0.2) is 4.98 Å². The molecule has 0 saturated carbocycles. The molecule has 1 aliphatic rings. The van der Waals surface area contributed by atoms with Crippen molar-refractivity contribution in [1.82, 2.24) is 19.0 Å². The Morgan fingerprint density at radius 1 is 1.00 bits per heavy atom. The van der Waals surface area contributed by atoms with Crippen molar-refractivity contribution in [2.75, 3.05) is 13.1 Å². The van der Waals surface area contributed by atoms with Gasteiger partial charge in [-0.15, -0.1) is 0 Å². The highest BCUT2D eigenvalue weighted by atomic mass is 16.1. The maximum atomic E-state index is 13.2. The van der Waals surface area contributed by atoms with Crippen molar-refractivity contribution in [2.24, 2.45) is 7.05 Å². The Bertz CT molecular complexity index is 1370. The van der Waals surface area contributed by atoms with E-state index in [0.717, 1.165) is 40.9 Å². The molecule has 5 heteroatoms. The van der Waals surface area contributed by atoms with E-state index in [4.69, 9.17) is 0 Å². The van der Waals surface area contributed by atoms with E-state index in [2.05, 4.69) is 56.6 Å². The maximum absolute atomic E-state index is 13.2. The average Bonchev–Trinajstić information content (AvgIpc) is 3.28. The molecular formula is C28H26N4O. The summed E-state index contributed by atoms with van der Waals surface area (Å²) in [6, 6.07) is 22.5. The van der Waals surface area contributed by atoms with E-state index in [0.29, 0.717) is 19.6 Å². The van der Waals surface area contributed by atoms with E-state index in [1.54, 1.807) is 10.9 Å². The van der Waals surface area contributed by atoms with E-state index in [-0.39, 0.29) is 5.56 Å². The Labute approximate surface area is 194 Å². The molecular weight excluding hydrogens is 408 g/mol. The van der Waals surface area contributed by atoms with Gasteiger partial charge < -0.3 is 4.57 Å². The highest BCUT2D eigenvalue weighted by Gasteiger charge is 2.20. The number of rotatable bonds is 4. The molecule has 0 fully saturated rings. The van der Waals surface area contributed by atoms with Gasteiger partial charge in [-0.3, -0.25) is 14.3 Å². The Morgan fingerprint density at radius 2 is 1.82 bits per heavy atom. The zero-order valence-corrected chi connectivity index (χ0v) is 18.7. The van der Waals surface area contributed by atoms with Gasteiger partial charge in [0.05, 0.1) is 30.7 Å². The second-order valence-corrected chi connectivity index (χ2v) is 8.43. The Balaban J connectivity index is 1.30. The summed E-state index contributed by atoms with van der Waals surface area (Å²) in [5.74, 6) is 6.44. The van der Waals surface area contributed by atoms with Gasteiger partial charge in [0.1, 0.15) is 0 Å². The molecule has 0 bridgehead atoms. The predicted octanol–water partition coefficient (Wildman–Crippen LogP) is 3.71. The molecule has 3 heterocycles. The smallest absolute Gasteiger partial charge is 0.258 e. The van der Waals surface area contributed by atoms with Crippen molar-refractivity contribution in [1.29, 1.82) is 0 Å². The summed E-state index contributed by atoms with van der Waals surface area (Å²) in [5, 5.41) is 0. The third-order valence-corrected chi connectivity index (χ3v) is 6.12. The third kappa shape index (κ3) is 4.67. The first kappa shape index (κ1) is 21.0. The van der Waals surface area contributed by atoms with Crippen LogP contribution in [0.4, 0.5) is 0 Å². The van der Waals surface area contributed by atoms with Gasteiger partial charge in [0.15, 0.2) is 0 Å². The van der Waals surface area contributed by atoms with Gasteiger partial charge in [-0.05, 0) is 35.4 Å². The van der Waals surface area contributed by atoms with Crippen molar-refractivity contribution in [3.8, 4) is 23.1 Å². The zero-order chi connectivity index (χ0) is 22.6. The number of fused-ring (bicyclic) bond motifs is 1. The van der Waals surface area contributed by atoms with E-state index >= 15 is 0 Å². The van der Waals surface area contributed by atoms with E-state index < -0.39 is 0 Å². The molecule has 0 spiro atoms. The monoisotopic (exact) mass is 434 g/mol. The second kappa shape index (κ2) is 9.32. The third-order valence-electron chi connectivity index (χ3n) is 6.12. The Hall–Kier alpha value is -3.88. The first-order valence-electron chi connectivity index (χ1n) is 11.2. The molecule has 0 saturated heterocycles. The number of aryl methyl sites for hydroxylation is 1. The van der Waals surface area contributed by atoms with Gasteiger partial charge in [-0.1, -0.05) is 54.3 Å². The molecule has 164 valence electrons. The highest BCUT2D eigenvalue weighted by molar-refractivity contribution is 5.60. The molecule has 0 radical (unpaired) electrons. The van der Waals surface area contributed by atoms with Crippen LogP contribution in [0.5, 0.6) is 0 Å². The number of aromatic nitrogens is 3. The predicted molar refractivity (Wildman–Crippen MR) is 131 cm³/mol. The van der Waals surface area contributed by atoms with Crippen molar-refractivity contribution in [3.63, 3.8) is 0 Å². The Morgan fingerprint density at radius 3 is 2.58 bits per heavy atom. The first-order chi connectivity index (χ1) is 16.2. The van der Waals surface area contributed by atoms with E-state index in [1.807, 2.05) is 49.6 Å². The average molecular weight is 435 g/mol. The van der Waals surface area contributed by atoms with Gasteiger partial charge >= 0.3 is 0 Å². The van der Waals surface area contributed by atoms with E-state index in [9.17, 15) is 4.79 Å². The fourth-order valence-corrected chi connectivity index (χ4v) is 4.27. The van der Waals surface area contributed by atoms with Crippen LogP contribution in [0.1, 0.15) is 22.4 Å². The summed E-state index contributed by atoms with van der Waals surface area (Å²) in [7, 11) is 2.04. The second-order valence-electron chi connectivity index (χ2n) is 8.43.